The number of rotatable bonds is 6. The number of nitrogens with one attached hydrogen (secondary N) is 1. The molecule has 1 saturated carbocycles. The highest BCUT2D eigenvalue weighted by molar-refractivity contribution is 5.95. The van der Waals surface area contributed by atoms with Crippen LogP contribution in [-0.4, -0.2) is 36.1 Å². The monoisotopic (exact) mass is 337 g/mol. The summed E-state index contributed by atoms with van der Waals surface area (Å²) in [6.45, 7) is 3.72. The third-order valence-corrected chi connectivity index (χ3v) is 4.74. The topological polar surface area (TPSA) is 54.5 Å². The predicted octanol–water partition coefficient (Wildman–Crippen LogP) is 2.80. The first-order valence-electron chi connectivity index (χ1n) is 8.99. The fourth-order valence-corrected chi connectivity index (χ4v) is 3.02. The van der Waals surface area contributed by atoms with E-state index in [2.05, 4.69) is 28.2 Å². The lowest BCUT2D eigenvalue weighted by molar-refractivity contribution is 0.0951. The highest BCUT2D eigenvalue weighted by Gasteiger charge is 2.30. The number of aromatic nitrogens is 1. The van der Waals surface area contributed by atoms with E-state index in [0.29, 0.717) is 11.6 Å². The molecule has 1 saturated heterocycles. The number of aryl methyl sites for hydroxylation is 1. The van der Waals surface area contributed by atoms with Gasteiger partial charge in [-0.3, -0.25) is 4.79 Å². The van der Waals surface area contributed by atoms with E-state index in [4.69, 9.17) is 4.74 Å². The fraction of sp³-hybridized carbons (Fsp3) is 0.400. The maximum Gasteiger partial charge on any atom is 0.251 e. The molecule has 1 aromatic heterocycles. The maximum absolute atomic E-state index is 12.2. The van der Waals surface area contributed by atoms with E-state index < -0.39 is 0 Å². The highest BCUT2D eigenvalue weighted by Crippen LogP contribution is 2.26. The van der Waals surface area contributed by atoms with Gasteiger partial charge in [0.2, 0.25) is 0 Å². The van der Waals surface area contributed by atoms with Crippen LogP contribution in [0.2, 0.25) is 0 Å². The summed E-state index contributed by atoms with van der Waals surface area (Å²) in [4.78, 5) is 18.7. The van der Waals surface area contributed by atoms with Crippen molar-refractivity contribution in [1.29, 1.82) is 0 Å². The van der Waals surface area contributed by atoms with Crippen molar-refractivity contribution >= 4 is 11.7 Å². The van der Waals surface area contributed by atoms with Crippen molar-refractivity contribution in [2.75, 3.05) is 18.0 Å². The first-order chi connectivity index (χ1) is 12.2. The van der Waals surface area contributed by atoms with E-state index in [0.717, 1.165) is 43.9 Å². The average molecular weight is 337 g/mol. The number of para-hydroxylation sites is 1. The number of nitrogens with zero attached hydrogens (tertiary/aromatic N) is 2. The molecule has 0 spiro atoms. The zero-order valence-corrected chi connectivity index (χ0v) is 14.4. The molecule has 130 valence electrons. The summed E-state index contributed by atoms with van der Waals surface area (Å²) in [5.74, 6) is 1.81. The SMILES string of the molecule is CCc1ccccc1OC1CN(c2cc(C(=O)NC3CC3)ccn2)C1. The van der Waals surface area contributed by atoms with Gasteiger partial charge >= 0.3 is 0 Å². The lowest BCUT2D eigenvalue weighted by atomic mass is 10.1. The summed E-state index contributed by atoms with van der Waals surface area (Å²) in [7, 11) is 0. The molecule has 5 nitrogen and oxygen atoms in total. The Bertz CT molecular complexity index is 767. The van der Waals surface area contributed by atoms with E-state index in [1.54, 1.807) is 12.3 Å². The molecule has 2 heterocycles. The number of pyridine rings is 1. The second-order valence-electron chi connectivity index (χ2n) is 6.76. The van der Waals surface area contributed by atoms with Crippen LogP contribution in [0.1, 0.15) is 35.7 Å². The van der Waals surface area contributed by atoms with Crippen LogP contribution in [0.25, 0.3) is 0 Å². The molecule has 0 atom stereocenters. The lowest BCUT2D eigenvalue weighted by Gasteiger charge is -2.40. The molecule has 4 rings (SSSR count). The average Bonchev–Trinajstić information content (AvgIpc) is 3.42. The van der Waals surface area contributed by atoms with Gasteiger partial charge in [-0.15, -0.1) is 0 Å². The molecule has 25 heavy (non-hydrogen) atoms. The number of amides is 1. The quantitative estimate of drug-likeness (QED) is 0.881. The van der Waals surface area contributed by atoms with Crippen molar-refractivity contribution in [1.82, 2.24) is 10.3 Å². The van der Waals surface area contributed by atoms with E-state index in [1.165, 1.54) is 5.56 Å². The van der Waals surface area contributed by atoms with Gasteiger partial charge in [-0.1, -0.05) is 25.1 Å². The van der Waals surface area contributed by atoms with Gasteiger partial charge < -0.3 is 15.0 Å². The molecule has 2 fully saturated rings. The van der Waals surface area contributed by atoms with Crippen LogP contribution in [0.15, 0.2) is 42.6 Å². The van der Waals surface area contributed by atoms with Gasteiger partial charge in [-0.05, 0) is 43.0 Å². The number of benzene rings is 1. The summed E-state index contributed by atoms with van der Waals surface area (Å²) in [5, 5.41) is 3.02. The standard InChI is InChI=1S/C20H23N3O2/c1-2-14-5-3-4-6-18(14)25-17-12-23(13-17)19-11-15(9-10-21-19)20(24)22-16-7-8-16/h3-6,9-11,16-17H,2,7-8,12-13H2,1H3,(H,22,24). The van der Waals surface area contributed by atoms with Crippen LogP contribution in [0, 0.1) is 0 Å². The molecular weight excluding hydrogens is 314 g/mol. The molecule has 0 unspecified atom stereocenters. The zero-order valence-electron chi connectivity index (χ0n) is 14.4. The molecule has 1 amide bonds. The van der Waals surface area contributed by atoms with Gasteiger partial charge in [0.05, 0.1) is 13.1 Å². The number of hydrogen-bond donors (Lipinski definition) is 1. The molecule has 1 N–H and O–H groups in total. The van der Waals surface area contributed by atoms with Gasteiger partial charge in [-0.25, -0.2) is 4.98 Å². The van der Waals surface area contributed by atoms with E-state index in [1.807, 2.05) is 24.3 Å². The summed E-state index contributed by atoms with van der Waals surface area (Å²) >= 11 is 0. The summed E-state index contributed by atoms with van der Waals surface area (Å²) < 4.78 is 6.11. The van der Waals surface area contributed by atoms with Gasteiger partial charge in [0, 0.05) is 17.8 Å². The molecule has 5 heteroatoms. The van der Waals surface area contributed by atoms with Gasteiger partial charge in [0.1, 0.15) is 17.7 Å². The Labute approximate surface area is 148 Å². The zero-order chi connectivity index (χ0) is 17.2. The Hall–Kier alpha value is -2.56. The molecule has 0 bridgehead atoms. The number of ether oxygens (including phenoxy) is 1. The van der Waals surface area contributed by atoms with E-state index >= 15 is 0 Å². The molecule has 2 aliphatic rings. The second-order valence-corrected chi connectivity index (χ2v) is 6.76. The molecule has 0 radical (unpaired) electrons. The molecule has 1 aliphatic carbocycles. The van der Waals surface area contributed by atoms with Gasteiger partial charge in [-0.2, -0.15) is 0 Å². The third-order valence-electron chi connectivity index (χ3n) is 4.74. The van der Waals surface area contributed by atoms with Crippen LogP contribution in [-0.2, 0) is 6.42 Å². The molecule has 2 aromatic rings. The van der Waals surface area contributed by atoms with Crippen molar-refractivity contribution < 1.29 is 9.53 Å². The van der Waals surface area contributed by atoms with Crippen molar-refractivity contribution in [2.45, 2.75) is 38.3 Å². The lowest BCUT2D eigenvalue weighted by Crippen LogP contribution is -2.54. The van der Waals surface area contributed by atoms with Crippen LogP contribution >= 0.6 is 0 Å². The smallest absolute Gasteiger partial charge is 0.251 e. The Morgan fingerprint density at radius 2 is 2.08 bits per heavy atom. The van der Waals surface area contributed by atoms with Crippen molar-refractivity contribution in [3.05, 3.63) is 53.7 Å². The largest absolute Gasteiger partial charge is 0.486 e. The van der Waals surface area contributed by atoms with Crippen molar-refractivity contribution in [2.24, 2.45) is 0 Å². The third kappa shape index (κ3) is 3.60. The summed E-state index contributed by atoms with van der Waals surface area (Å²) in [5.41, 5.74) is 1.91. The molecular formula is C20H23N3O2. The van der Waals surface area contributed by atoms with Crippen LogP contribution < -0.4 is 15.0 Å². The number of anilines is 1. The van der Waals surface area contributed by atoms with Crippen molar-refractivity contribution in [3.8, 4) is 5.75 Å². The van der Waals surface area contributed by atoms with Crippen LogP contribution in [0.4, 0.5) is 5.82 Å². The van der Waals surface area contributed by atoms with E-state index in [-0.39, 0.29) is 12.0 Å². The first-order valence-corrected chi connectivity index (χ1v) is 8.99. The van der Waals surface area contributed by atoms with Gasteiger partial charge in [0.15, 0.2) is 0 Å². The highest BCUT2D eigenvalue weighted by atomic mass is 16.5. The number of hydrogen-bond acceptors (Lipinski definition) is 4. The Balaban J connectivity index is 1.36. The number of carbonyl (C=O) groups excluding carboxylic acids is 1. The Morgan fingerprint density at radius 3 is 2.84 bits per heavy atom. The molecule has 1 aromatic carbocycles. The van der Waals surface area contributed by atoms with Gasteiger partial charge in [0.25, 0.3) is 5.91 Å². The summed E-state index contributed by atoms with van der Waals surface area (Å²) in [6, 6.07) is 12.2. The van der Waals surface area contributed by atoms with E-state index in [9.17, 15) is 4.79 Å². The first kappa shape index (κ1) is 15.9. The minimum absolute atomic E-state index is 0.00338. The normalized spacial score (nSPS) is 17.1. The maximum atomic E-state index is 12.2. The van der Waals surface area contributed by atoms with Crippen molar-refractivity contribution in [3.63, 3.8) is 0 Å². The minimum atomic E-state index is -0.00338. The second kappa shape index (κ2) is 6.75. The Kier molecular flexibility index (Phi) is 4.30. The minimum Gasteiger partial charge on any atom is -0.486 e. The number of carbonyl (C=O) groups is 1. The molecule has 1 aliphatic heterocycles. The van der Waals surface area contributed by atoms with Crippen LogP contribution in [0.5, 0.6) is 5.75 Å². The fourth-order valence-electron chi connectivity index (χ4n) is 3.02. The predicted molar refractivity (Wildman–Crippen MR) is 97.2 cm³/mol. The summed E-state index contributed by atoms with van der Waals surface area (Å²) in [6.07, 6.45) is 5.02. The van der Waals surface area contributed by atoms with Crippen LogP contribution in [0.3, 0.4) is 0 Å². The Morgan fingerprint density at radius 1 is 1.28 bits per heavy atom.